The summed E-state index contributed by atoms with van der Waals surface area (Å²) in [5.74, 6) is 1.44. The Balaban J connectivity index is 1.79. The quantitative estimate of drug-likeness (QED) is 0.723. The first-order valence-electron chi connectivity index (χ1n) is 8.81. The van der Waals surface area contributed by atoms with E-state index in [1.807, 2.05) is 35.1 Å². The van der Waals surface area contributed by atoms with E-state index < -0.39 is 0 Å². The third kappa shape index (κ3) is 4.02. The maximum Gasteiger partial charge on any atom is 0.122 e. The predicted octanol–water partition coefficient (Wildman–Crippen LogP) is 4.45. The van der Waals surface area contributed by atoms with E-state index in [-0.39, 0.29) is 5.54 Å². The molecule has 2 aromatic heterocycles. The average molecular weight is 337 g/mol. The summed E-state index contributed by atoms with van der Waals surface area (Å²) < 4.78 is 7.91. The second-order valence-corrected chi connectivity index (χ2v) is 7.61. The largest absolute Gasteiger partial charge is 0.491 e. The molecule has 0 spiro atoms. The molecule has 0 saturated heterocycles. The highest BCUT2D eigenvalue weighted by Gasteiger charge is 2.21. The molecule has 0 aliphatic rings. The molecule has 0 radical (unpaired) electrons. The van der Waals surface area contributed by atoms with Crippen LogP contribution in [0.2, 0.25) is 0 Å². The van der Waals surface area contributed by atoms with E-state index in [0.29, 0.717) is 12.5 Å². The summed E-state index contributed by atoms with van der Waals surface area (Å²) in [5.41, 5.74) is 10.5. The zero-order valence-corrected chi connectivity index (χ0v) is 15.5. The zero-order valence-electron chi connectivity index (χ0n) is 15.5. The van der Waals surface area contributed by atoms with Gasteiger partial charge in [-0.2, -0.15) is 5.10 Å². The molecule has 0 unspecified atom stereocenters. The number of hydrogen-bond acceptors (Lipinski definition) is 3. The minimum Gasteiger partial charge on any atom is -0.491 e. The molecular weight excluding hydrogens is 310 g/mol. The van der Waals surface area contributed by atoms with Crippen LogP contribution in [0.1, 0.15) is 32.8 Å². The number of pyridine rings is 1. The van der Waals surface area contributed by atoms with Gasteiger partial charge in [-0.15, -0.1) is 0 Å². The lowest BCUT2D eigenvalue weighted by atomic mass is 9.93. The molecule has 0 aliphatic heterocycles. The van der Waals surface area contributed by atoms with Crippen LogP contribution in [0, 0.1) is 12.8 Å². The minimum absolute atomic E-state index is 0.318. The molecule has 0 bridgehead atoms. The molecule has 0 amide bonds. The molecule has 0 saturated carbocycles. The van der Waals surface area contributed by atoms with Crippen molar-refractivity contribution in [2.24, 2.45) is 11.7 Å². The van der Waals surface area contributed by atoms with Crippen molar-refractivity contribution < 1.29 is 4.74 Å². The predicted molar refractivity (Wildman–Crippen MR) is 103 cm³/mol. The summed E-state index contributed by atoms with van der Waals surface area (Å²) in [4.78, 5) is 0. The van der Waals surface area contributed by atoms with E-state index in [0.717, 1.165) is 34.4 Å². The van der Waals surface area contributed by atoms with Gasteiger partial charge in [0.2, 0.25) is 0 Å². The molecule has 2 heterocycles. The van der Waals surface area contributed by atoms with Crippen molar-refractivity contribution >= 4 is 5.52 Å². The fraction of sp³-hybridized carbons (Fsp3) is 0.381. The van der Waals surface area contributed by atoms with E-state index in [9.17, 15) is 0 Å². The van der Waals surface area contributed by atoms with Gasteiger partial charge in [0, 0.05) is 17.3 Å². The number of benzene rings is 1. The third-order valence-electron chi connectivity index (χ3n) is 4.34. The van der Waals surface area contributed by atoms with Crippen molar-refractivity contribution in [2.75, 3.05) is 6.61 Å². The van der Waals surface area contributed by atoms with Crippen molar-refractivity contribution in [3.8, 4) is 16.9 Å². The van der Waals surface area contributed by atoms with Crippen LogP contribution in [-0.2, 0) is 0 Å². The summed E-state index contributed by atoms with van der Waals surface area (Å²) in [7, 11) is 0. The first-order valence-corrected chi connectivity index (χ1v) is 8.81. The highest BCUT2D eigenvalue weighted by atomic mass is 16.5. The molecule has 25 heavy (non-hydrogen) atoms. The Morgan fingerprint density at radius 2 is 2.04 bits per heavy atom. The van der Waals surface area contributed by atoms with E-state index >= 15 is 0 Å². The standard InChI is InChI=1S/C21H27N3O/c1-15(2)12-21(4,22)14-25-20-9-8-17(11-16(20)3)18-13-23-24-10-6-5-7-19(18)24/h5-11,13,15H,12,14,22H2,1-4H3/t21-/m0/s1. The molecule has 2 N–H and O–H groups in total. The Morgan fingerprint density at radius 3 is 2.76 bits per heavy atom. The molecule has 1 atom stereocenters. The Hall–Kier alpha value is -2.33. The Labute approximate surface area is 149 Å². The molecule has 4 nitrogen and oxygen atoms in total. The number of rotatable bonds is 6. The van der Waals surface area contributed by atoms with Gasteiger partial charge in [-0.05, 0) is 61.6 Å². The van der Waals surface area contributed by atoms with Crippen LogP contribution in [0.15, 0.2) is 48.8 Å². The van der Waals surface area contributed by atoms with E-state index in [2.05, 4.69) is 51.0 Å². The van der Waals surface area contributed by atoms with Crippen molar-refractivity contribution in [2.45, 2.75) is 39.7 Å². The van der Waals surface area contributed by atoms with Crippen LogP contribution in [0.3, 0.4) is 0 Å². The highest BCUT2D eigenvalue weighted by Crippen LogP contribution is 2.29. The van der Waals surface area contributed by atoms with Gasteiger partial charge in [0.05, 0.1) is 11.7 Å². The number of nitrogens with two attached hydrogens (primary N) is 1. The van der Waals surface area contributed by atoms with Crippen molar-refractivity contribution in [1.29, 1.82) is 0 Å². The summed E-state index contributed by atoms with van der Waals surface area (Å²) in [5, 5.41) is 4.41. The van der Waals surface area contributed by atoms with Crippen LogP contribution < -0.4 is 10.5 Å². The topological polar surface area (TPSA) is 52.5 Å². The van der Waals surface area contributed by atoms with Crippen LogP contribution in [-0.4, -0.2) is 21.8 Å². The number of hydrogen-bond donors (Lipinski definition) is 1. The Bertz CT molecular complexity index is 864. The van der Waals surface area contributed by atoms with Gasteiger partial charge >= 0.3 is 0 Å². The van der Waals surface area contributed by atoms with Crippen molar-refractivity contribution in [3.63, 3.8) is 0 Å². The summed E-state index contributed by atoms with van der Waals surface area (Å²) in [6.45, 7) is 9.00. The number of fused-ring (bicyclic) bond motifs is 1. The van der Waals surface area contributed by atoms with E-state index in [1.54, 1.807) is 0 Å². The normalized spacial score (nSPS) is 14.0. The Morgan fingerprint density at radius 1 is 1.24 bits per heavy atom. The van der Waals surface area contributed by atoms with Gasteiger partial charge in [0.1, 0.15) is 12.4 Å². The molecule has 132 valence electrons. The zero-order chi connectivity index (χ0) is 18.0. The molecule has 0 fully saturated rings. The molecule has 3 aromatic rings. The lowest BCUT2D eigenvalue weighted by molar-refractivity contribution is 0.206. The smallest absolute Gasteiger partial charge is 0.122 e. The second kappa shape index (κ2) is 6.89. The molecular formula is C21H27N3O. The number of ether oxygens (including phenoxy) is 1. The summed E-state index contributed by atoms with van der Waals surface area (Å²) >= 11 is 0. The van der Waals surface area contributed by atoms with Crippen LogP contribution in [0.25, 0.3) is 16.6 Å². The minimum atomic E-state index is -0.318. The van der Waals surface area contributed by atoms with Crippen LogP contribution in [0.5, 0.6) is 5.75 Å². The van der Waals surface area contributed by atoms with Crippen LogP contribution in [0.4, 0.5) is 0 Å². The lowest BCUT2D eigenvalue weighted by Gasteiger charge is -2.27. The molecule has 4 heteroatoms. The fourth-order valence-corrected chi connectivity index (χ4v) is 3.37. The monoisotopic (exact) mass is 337 g/mol. The first-order chi connectivity index (χ1) is 11.9. The van der Waals surface area contributed by atoms with Gasteiger partial charge < -0.3 is 10.5 Å². The SMILES string of the molecule is Cc1cc(-c2cnn3ccccc23)ccc1OC[C@@](C)(N)CC(C)C. The highest BCUT2D eigenvalue weighted by molar-refractivity contribution is 5.80. The molecule has 1 aromatic carbocycles. The van der Waals surface area contributed by atoms with Crippen molar-refractivity contribution in [3.05, 3.63) is 54.4 Å². The van der Waals surface area contributed by atoms with Gasteiger partial charge in [0.15, 0.2) is 0 Å². The second-order valence-electron chi connectivity index (χ2n) is 7.61. The van der Waals surface area contributed by atoms with Gasteiger partial charge in [-0.25, -0.2) is 4.52 Å². The average Bonchev–Trinajstić information content (AvgIpc) is 2.96. The maximum atomic E-state index is 6.35. The third-order valence-corrected chi connectivity index (χ3v) is 4.34. The fourth-order valence-electron chi connectivity index (χ4n) is 3.37. The number of aromatic nitrogens is 2. The van der Waals surface area contributed by atoms with E-state index in [4.69, 9.17) is 10.5 Å². The van der Waals surface area contributed by atoms with E-state index in [1.165, 1.54) is 0 Å². The number of aryl methyl sites for hydroxylation is 1. The summed E-state index contributed by atoms with van der Waals surface area (Å²) in [6.07, 6.45) is 4.80. The van der Waals surface area contributed by atoms with Gasteiger partial charge in [0.25, 0.3) is 0 Å². The lowest BCUT2D eigenvalue weighted by Crippen LogP contribution is -2.43. The number of nitrogens with zero attached hydrogens (tertiary/aromatic N) is 2. The van der Waals surface area contributed by atoms with Crippen molar-refractivity contribution in [1.82, 2.24) is 9.61 Å². The Kier molecular flexibility index (Phi) is 4.82. The molecule has 3 rings (SSSR count). The first kappa shape index (κ1) is 17.5. The summed E-state index contributed by atoms with van der Waals surface area (Å²) in [6, 6.07) is 12.4. The van der Waals surface area contributed by atoms with Gasteiger partial charge in [-0.3, -0.25) is 0 Å². The van der Waals surface area contributed by atoms with Crippen LogP contribution >= 0.6 is 0 Å². The van der Waals surface area contributed by atoms with Gasteiger partial charge in [-0.1, -0.05) is 26.0 Å². The maximum absolute atomic E-state index is 6.35. The molecule has 0 aliphatic carbocycles.